The molecule has 136 valence electrons. The Hall–Kier alpha value is -2.05. The maximum atomic E-state index is 14.4. The number of piperidine rings is 1. The summed E-state index contributed by atoms with van der Waals surface area (Å²) in [6, 6.07) is 10.9. The Morgan fingerprint density at radius 2 is 2.00 bits per heavy atom. The van der Waals surface area contributed by atoms with Crippen LogP contribution in [0.1, 0.15) is 23.7 Å². The topological polar surface area (TPSA) is 58.2 Å². The molecule has 2 amide bonds. The Bertz CT molecular complexity index is 829. The second-order valence-corrected chi connectivity index (χ2v) is 7.73. The van der Waals surface area contributed by atoms with Gasteiger partial charge in [-0.1, -0.05) is 36.4 Å². The van der Waals surface area contributed by atoms with Crippen molar-refractivity contribution < 1.29 is 14.0 Å². The van der Waals surface area contributed by atoms with Crippen molar-refractivity contribution >= 4 is 35.2 Å². The Balaban J connectivity index is 1.85. The highest BCUT2D eigenvalue weighted by molar-refractivity contribution is 7.99. The van der Waals surface area contributed by atoms with E-state index < -0.39 is 17.8 Å². The van der Waals surface area contributed by atoms with Gasteiger partial charge in [0.2, 0.25) is 5.91 Å². The smallest absolute Gasteiger partial charge is 0.256 e. The molecule has 0 bridgehead atoms. The van der Waals surface area contributed by atoms with Crippen LogP contribution in [0.25, 0.3) is 0 Å². The first-order valence-electron chi connectivity index (χ1n) is 8.26. The van der Waals surface area contributed by atoms with E-state index >= 15 is 0 Å². The van der Waals surface area contributed by atoms with Crippen LogP contribution in [-0.4, -0.2) is 24.4 Å². The molecule has 0 spiro atoms. The zero-order valence-corrected chi connectivity index (χ0v) is 15.7. The summed E-state index contributed by atoms with van der Waals surface area (Å²) in [6.07, 6.45) is 0.764. The third-order valence-corrected chi connectivity index (χ3v) is 5.60. The molecular formula is C19H18ClFN2O2S. The normalized spacial score (nSPS) is 19.7. The number of nitrogens with one attached hydrogen (secondary N) is 2. The molecule has 3 rings (SSSR count). The number of rotatable bonds is 4. The number of carbonyl (C=O) groups is 2. The molecular weight excluding hydrogens is 375 g/mol. The van der Waals surface area contributed by atoms with Crippen molar-refractivity contribution in [3.05, 3.63) is 58.9 Å². The van der Waals surface area contributed by atoms with Crippen molar-refractivity contribution in [1.82, 2.24) is 10.6 Å². The lowest BCUT2D eigenvalue weighted by Crippen LogP contribution is -2.54. The molecule has 4 nitrogen and oxygen atoms in total. The molecule has 2 unspecified atom stereocenters. The van der Waals surface area contributed by atoms with E-state index in [4.69, 9.17) is 11.6 Å². The van der Waals surface area contributed by atoms with Gasteiger partial charge in [-0.2, -0.15) is 0 Å². The van der Waals surface area contributed by atoms with Crippen LogP contribution in [0.5, 0.6) is 0 Å². The van der Waals surface area contributed by atoms with Crippen molar-refractivity contribution in [2.75, 3.05) is 6.54 Å². The summed E-state index contributed by atoms with van der Waals surface area (Å²) >= 11 is 7.16. The van der Waals surface area contributed by atoms with E-state index in [0.717, 1.165) is 11.3 Å². The molecule has 0 aliphatic carbocycles. The Morgan fingerprint density at radius 3 is 2.69 bits per heavy atom. The second-order valence-electron chi connectivity index (χ2n) is 6.18. The van der Waals surface area contributed by atoms with Gasteiger partial charge in [-0.15, -0.1) is 0 Å². The summed E-state index contributed by atoms with van der Waals surface area (Å²) in [6.45, 7) is 2.48. The first-order chi connectivity index (χ1) is 12.5. The van der Waals surface area contributed by atoms with Crippen molar-refractivity contribution in [2.24, 2.45) is 5.92 Å². The lowest BCUT2D eigenvalue weighted by Gasteiger charge is -2.29. The van der Waals surface area contributed by atoms with E-state index in [2.05, 4.69) is 10.6 Å². The molecule has 2 N–H and O–H groups in total. The van der Waals surface area contributed by atoms with Gasteiger partial charge < -0.3 is 10.6 Å². The summed E-state index contributed by atoms with van der Waals surface area (Å²) in [5.74, 6) is -1.45. The molecule has 0 radical (unpaired) electrons. The van der Waals surface area contributed by atoms with Crippen LogP contribution in [0.15, 0.2) is 52.3 Å². The molecule has 7 heteroatoms. The first-order valence-corrected chi connectivity index (χ1v) is 9.45. The van der Waals surface area contributed by atoms with Crippen LogP contribution >= 0.6 is 23.4 Å². The molecule has 26 heavy (non-hydrogen) atoms. The zero-order chi connectivity index (χ0) is 18.7. The van der Waals surface area contributed by atoms with Gasteiger partial charge in [0.05, 0.1) is 5.56 Å². The van der Waals surface area contributed by atoms with Gasteiger partial charge in [0, 0.05) is 21.4 Å². The summed E-state index contributed by atoms with van der Waals surface area (Å²) < 4.78 is 14.4. The third-order valence-electron chi connectivity index (χ3n) is 4.28. The van der Waals surface area contributed by atoms with Gasteiger partial charge >= 0.3 is 0 Å². The fourth-order valence-corrected chi connectivity index (χ4v) is 3.91. The molecule has 1 fully saturated rings. The molecule has 0 aromatic heterocycles. The number of carbonyl (C=O) groups excluding carboxylic acids is 2. The molecule has 1 saturated heterocycles. The van der Waals surface area contributed by atoms with Crippen molar-refractivity contribution in [1.29, 1.82) is 0 Å². The predicted octanol–water partition coefficient (Wildman–Crippen LogP) is 3.88. The number of amides is 2. The van der Waals surface area contributed by atoms with Gasteiger partial charge in [0.15, 0.2) is 0 Å². The van der Waals surface area contributed by atoms with E-state index in [1.165, 1.54) is 17.8 Å². The molecule has 1 aliphatic rings. The fraction of sp³-hybridized carbons (Fsp3) is 0.263. The number of benzene rings is 2. The van der Waals surface area contributed by atoms with E-state index in [9.17, 15) is 14.0 Å². The largest absolute Gasteiger partial charge is 0.354 e. The number of hydrogen-bond acceptors (Lipinski definition) is 3. The SMILES string of the molecule is CC1CCNC(=O)C1NC(=O)c1c(F)cccc1Sc1ccc(Cl)cc1. The van der Waals surface area contributed by atoms with Gasteiger partial charge in [0.1, 0.15) is 11.9 Å². The van der Waals surface area contributed by atoms with E-state index in [-0.39, 0.29) is 17.4 Å². The van der Waals surface area contributed by atoms with Gasteiger partial charge in [-0.05, 0) is 48.7 Å². The van der Waals surface area contributed by atoms with E-state index in [1.54, 1.807) is 36.4 Å². The molecule has 2 aromatic carbocycles. The first kappa shape index (κ1) is 18.7. The maximum absolute atomic E-state index is 14.4. The average molecular weight is 393 g/mol. The molecule has 1 aliphatic heterocycles. The molecule has 1 heterocycles. The highest BCUT2D eigenvalue weighted by Crippen LogP contribution is 2.32. The van der Waals surface area contributed by atoms with Gasteiger partial charge in [0.25, 0.3) is 5.91 Å². The van der Waals surface area contributed by atoms with E-state index in [1.807, 2.05) is 6.92 Å². The number of halogens is 2. The molecule has 0 saturated carbocycles. The summed E-state index contributed by atoms with van der Waals surface area (Å²) in [5, 5.41) is 6.01. The van der Waals surface area contributed by atoms with Crippen LogP contribution < -0.4 is 10.6 Å². The second kappa shape index (κ2) is 8.10. The average Bonchev–Trinajstić information content (AvgIpc) is 2.60. The molecule has 2 atom stereocenters. The lowest BCUT2D eigenvalue weighted by atomic mass is 9.94. The highest BCUT2D eigenvalue weighted by atomic mass is 35.5. The van der Waals surface area contributed by atoms with Crippen LogP contribution in [0.4, 0.5) is 4.39 Å². The van der Waals surface area contributed by atoms with Crippen LogP contribution in [0.3, 0.4) is 0 Å². The molecule has 2 aromatic rings. The summed E-state index contributed by atoms with van der Waals surface area (Å²) in [7, 11) is 0. The minimum Gasteiger partial charge on any atom is -0.354 e. The van der Waals surface area contributed by atoms with Crippen molar-refractivity contribution in [3.8, 4) is 0 Å². The standard InChI is InChI=1S/C19H18ClFN2O2S/c1-11-9-10-22-19(25)17(11)23-18(24)16-14(21)3-2-4-15(16)26-13-7-5-12(20)6-8-13/h2-8,11,17H,9-10H2,1H3,(H,22,25)(H,23,24). The maximum Gasteiger partial charge on any atom is 0.256 e. The Labute approximate surface area is 160 Å². The third kappa shape index (κ3) is 4.19. The predicted molar refractivity (Wildman–Crippen MR) is 100 cm³/mol. The fourth-order valence-electron chi connectivity index (χ4n) is 2.82. The minimum atomic E-state index is -0.663. The van der Waals surface area contributed by atoms with Crippen molar-refractivity contribution in [3.63, 3.8) is 0 Å². The van der Waals surface area contributed by atoms with Crippen LogP contribution in [0.2, 0.25) is 5.02 Å². The zero-order valence-electron chi connectivity index (χ0n) is 14.1. The summed E-state index contributed by atoms with van der Waals surface area (Å²) in [4.78, 5) is 26.1. The lowest BCUT2D eigenvalue weighted by molar-refractivity contribution is -0.125. The van der Waals surface area contributed by atoms with Gasteiger partial charge in [-0.3, -0.25) is 9.59 Å². The monoisotopic (exact) mass is 392 g/mol. The quantitative estimate of drug-likeness (QED) is 0.830. The Kier molecular flexibility index (Phi) is 5.84. The van der Waals surface area contributed by atoms with Crippen LogP contribution in [0, 0.1) is 11.7 Å². The number of hydrogen-bond donors (Lipinski definition) is 2. The summed E-state index contributed by atoms with van der Waals surface area (Å²) in [5.41, 5.74) is -0.0574. The Morgan fingerprint density at radius 1 is 1.27 bits per heavy atom. The van der Waals surface area contributed by atoms with Crippen LogP contribution in [-0.2, 0) is 4.79 Å². The van der Waals surface area contributed by atoms with Crippen molar-refractivity contribution in [2.45, 2.75) is 29.2 Å². The van der Waals surface area contributed by atoms with E-state index in [0.29, 0.717) is 16.5 Å². The van der Waals surface area contributed by atoms with Gasteiger partial charge in [-0.25, -0.2) is 4.39 Å². The highest BCUT2D eigenvalue weighted by Gasteiger charge is 2.31. The minimum absolute atomic E-state index is 0.00755.